The van der Waals surface area contributed by atoms with Crippen molar-refractivity contribution in [2.75, 3.05) is 13.6 Å². The molecule has 1 amide bonds. The number of likely N-dealkylation sites (N-methyl/N-ethyl adjacent to an activating group) is 1. The van der Waals surface area contributed by atoms with Crippen molar-refractivity contribution in [1.29, 1.82) is 0 Å². The smallest absolute Gasteiger partial charge is 0.238 e. The number of benzene rings is 1. The highest BCUT2D eigenvalue weighted by Crippen LogP contribution is 2.41. The molecule has 1 aromatic carbocycles. The van der Waals surface area contributed by atoms with Crippen molar-refractivity contribution in [3.63, 3.8) is 0 Å². The van der Waals surface area contributed by atoms with E-state index in [-0.39, 0.29) is 47.7 Å². The maximum Gasteiger partial charge on any atom is 0.238 e. The van der Waals surface area contributed by atoms with Crippen LogP contribution in [-0.2, 0) is 32.6 Å². The summed E-state index contributed by atoms with van der Waals surface area (Å²) in [6, 6.07) is 0.658. The van der Waals surface area contributed by atoms with Gasteiger partial charge in [-0.3, -0.25) is 4.79 Å². The van der Waals surface area contributed by atoms with Crippen LogP contribution in [0, 0.1) is 23.4 Å². The molecule has 0 spiro atoms. The van der Waals surface area contributed by atoms with Crippen molar-refractivity contribution in [2.45, 2.75) is 93.8 Å². The topological polar surface area (TPSA) is 92.8 Å². The van der Waals surface area contributed by atoms with Gasteiger partial charge >= 0.3 is 0 Å². The molecular formula is C25H36F3N3O4S2. The fraction of sp³-hybridized carbons (Fsp3) is 0.720. The molecule has 1 saturated carbocycles. The van der Waals surface area contributed by atoms with Crippen molar-refractivity contribution < 1.29 is 30.9 Å². The molecule has 4 rings (SSSR count). The number of fused-ring (bicyclic) bond motifs is 2. The van der Waals surface area contributed by atoms with Crippen LogP contribution in [0.2, 0.25) is 0 Å². The van der Waals surface area contributed by atoms with Gasteiger partial charge in [0.2, 0.25) is 15.9 Å². The Balaban J connectivity index is 1.50. The summed E-state index contributed by atoms with van der Waals surface area (Å²) in [5.74, 6) is -3.58. The van der Waals surface area contributed by atoms with E-state index in [4.69, 9.17) is 0 Å². The molecule has 12 heteroatoms. The third-order valence-electron chi connectivity index (χ3n) is 7.71. The first-order chi connectivity index (χ1) is 17.2. The standard InChI is InChI=1S/C25H36F3N3O4S2/c1-25(2,3)36(33)29-23(12-15-11-21(27)22(28)13-20(15)26)16-9-17-5-6-18(10-16)31(17)24(32)14-30(4)37(34,35)19-7-8-19/h11,13,16-19,23,29H,5-10,12,14H2,1-4H3/t16-,17-,18+,23-,36+/m1/s1. The number of piperidine rings is 1. The lowest BCUT2D eigenvalue weighted by molar-refractivity contribution is -0.136. The summed E-state index contributed by atoms with van der Waals surface area (Å²) in [4.78, 5) is 15.0. The average Bonchev–Trinajstić information content (AvgIpc) is 3.62. The predicted octanol–water partition coefficient (Wildman–Crippen LogP) is 3.26. The molecular weight excluding hydrogens is 527 g/mol. The third-order valence-corrected chi connectivity index (χ3v) is 11.6. The maximum absolute atomic E-state index is 14.5. The zero-order chi connectivity index (χ0) is 27.3. The van der Waals surface area contributed by atoms with E-state index >= 15 is 0 Å². The van der Waals surface area contributed by atoms with Crippen molar-refractivity contribution in [3.8, 4) is 0 Å². The first-order valence-electron chi connectivity index (χ1n) is 12.8. The molecule has 208 valence electrons. The third kappa shape index (κ3) is 6.29. The van der Waals surface area contributed by atoms with E-state index in [1.54, 1.807) is 4.90 Å². The number of hydrogen-bond acceptors (Lipinski definition) is 5. The number of carbonyl (C=O) groups is 1. The monoisotopic (exact) mass is 563 g/mol. The zero-order valence-electron chi connectivity index (χ0n) is 21.7. The summed E-state index contributed by atoms with van der Waals surface area (Å²) in [5, 5.41) is -0.389. The Labute approximate surface area is 220 Å². The Morgan fingerprint density at radius 2 is 1.68 bits per heavy atom. The maximum atomic E-state index is 14.5. The Kier molecular flexibility index (Phi) is 8.27. The van der Waals surface area contributed by atoms with Crippen LogP contribution in [0.1, 0.15) is 64.9 Å². The number of carbonyl (C=O) groups excluding carboxylic acids is 1. The molecule has 0 radical (unpaired) electrons. The highest BCUT2D eigenvalue weighted by Gasteiger charge is 2.47. The number of halogens is 3. The molecule has 37 heavy (non-hydrogen) atoms. The van der Waals surface area contributed by atoms with Gasteiger partial charge in [-0.2, -0.15) is 4.31 Å². The molecule has 2 aliphatic heterocycles. The van der Waals surface area contributed by atoms with Crippen LogP contribution in [-0.4, -0.2) is 69.8 Å². The first kappa shape index (κ1) is 28.7. The molecule has 1 N–H and O–H groups in total. The molecule has 1 aromatic rings. The van der Waals surface area contributed by atoms with Gasteiger partial charge in [0.25, 0.3) is 0 Å². The summed E-state index contributed by atoms with van der Waals surface area (Å²) in [6.07, 6.45) is 3.92. The fourth-order valence-electron chi connectivity index (χ4n) is 5.51. The van der Waals surface area contributed by atoms with E-state index in [2.05, 4.69) is 4.72 Å². The van der Waals surface area contributed by atoms with Gasteiger partial charge in [0.1, 0.15) is 10.6 Å². The highest BCUT2D eigenvalue weighted by molar-refractivity contribution is 7.90. The lowest BCUT2D eigenvalue weighted by Gasteiger charge is -2.42. The lowest BCUT2D eigenvalue weighted by atomic mass is 9.82. The minimum atomic E-state index is -3.46. The quantitative estimate of drug-likeness (QED) is 0.368. The summed E-state index contributed by atoms with van der Waals surface area (Å²) < 4.78 is 83.6. The van der Waals surface area contributed by atoms with E-state index in [9.17, 15) is 30.9 Å². The van der Waals surface area contributed by atoms with Gasteiger partial charge in [0.15, 0.2) is 11.6 Å². The molecule has 5 atom stereocenters. The van der Waals surface area contributed by atoms with Crippen molar-refractivity contribution in [3.05, 3.63) is 35.1 Å². The minimum absolute atomic E-state index is 0.0000643. The van der Waals surface area contributed by atoms with Crippen LogP contribution in [0.15, 0.2) is 12.1 Å². The van der Waals surface area contributed by atoms with E-state index in [0.717, 1.165) is 23.2 Å². The van der Waals surface area contributed by atoms with Gasteiger partial charge < -0.3 is 9.45 Å². The zero-order valence-corrected chi connectivity index (χ0v) is 23.3. The van der Waals surface area contributed by atoms with Gasteiger partial charge in [-0.25, -0.2) is 21.6 Å². The van der Waals surface area contributed by atoms with Gasteiger partial charge in [-0.1, -0.05) is 0 Å². The molecule has 0 aromatic heterocycles. The number of nitrogens with one attached hydrogen (secondary N) is 1. The van der Waals surface area contributed by atoms with Gasteiger partial charge in [0.05, 0.1) is 17.8 Å². The van der Waals surface area contributed by atoms with Gasteiger partial charge in [0, 0.05) is 36.6 Å². The first-order valence-corrected chi connectivity index (χ1v) is 15.4. The molecule has 0 unspecified atom stereocenters. The van der Waals surface area contributed by atoms with Crippen LogP contribution < -0.4 is 4.72 Å². The van der Waals surface area contributed by atoms with Gasteiger partial charge in [-0.05, 0) is 83.3 Å². The molecule has 2 bridgehead atoms. The Morgan fingerprint density at radius 3 is 2.22 bits per heavy atom. The van der Waals surface area contributed by atoms with E-state index < -0.39 is 49.6 Å². The largest absolute Gasteiger partial charge is 0.598 e. The van der Waals surface area contributed by atoms with Crippen LogP contribution in [0.4, 0.5) is 13.2 Å². The summed E-state index contributed by atoms with van der Waals surface area (Å²) in [7, 11) is -2.02. The van der Waals surface area contributed by atoms with Crippen molar-refractivity contribution in [2.24, 2.45) is 5.92 Å². The average molecular weight is 564 g/mol. The summed E-state index contributed by atoms with van der Waals surface area (Å²) >= 11 is -1.49. The number of amides is 1. The normalized spacial score (nSPS) is 26.0. The lowest BCUT2D eigenvalue weighted by Crippen LogP contribution is -2.55. The molecule has 2 saturated heterocycles. The Morgan fingerprint density at radius 1 is 1.11 bits per heavy atom. The predicted molar refractivity (Wildman–Crippen MR) is 136 cm³/mol. The second-order valence-electron chi connectivity index (χ2n) is 11.6. The Bertz CT molecular complexity index is 1110. The van der Waals surface area contributed by atoms with E-state index in [0.29, 0.717) is 31.7 Å². The SMILES string of the molecule is CN(CC(=O)N1[C@@H]2CC[C@H]1C[C@H]([C@@H](Cc1cc(F)c(F)cc1F)N[S@@+]([O-])C(C)(C)C)C2)S(=O)(=O)C1CC1. The van der Waals surface area contributed by atoms with E-state index in [1.165, 1.54) is 7.05 Å². The van der Waals surface area contributed by atoms with Crippen LogP contribution >= 0.6 is 0 Å². The number of rotatable bonds is 9. The van der Waals surface area contributed by atoms with Crippen molar-refractivity contribution >= 4 is 27.3 Å². The fourth-order valence-corrected chi connectivity index (χ4v) is 7.95. The summed E-state index contributed by atoms with van der Waals surface area (Å²) in [6.45, 7) is 5.22. The number of nitrogens with zero attached hydrogens (tertiary/aromatic N) is 2. The molecule has 1 aliphatic carbocycles. The second-order valence-corrected chi connectivity index (χ2v) is 15.9. The number of hydrogen-bond donors (Lipinski definition) is 1. The molecule has 7 nitrogen and oxygen atoms in total. The second kappa shape index (κ2) is 10.7. The highest BCUT2D eigenvalue weighted by atomic mass is 32.2. The van der Waals surface area contributed by atoms with Crippen LogP contribution in [0.3, 0.4) is 0 Å². The molecule has 3 aliphatic rings. The Hall–Kier alpha value is -1.34. The van der Waals surface area contributed by atoms with Crippen LogP contribution in [0.5, 0.6) is 0 Å². The molecule has 2 heterocycles. The molecule has 3 fully saturated rings. The van der Waals surface area contributed by atoms with Crippen LogP contribution in [0.25, 0.3) is 0 Å². The number of sulfonamides is 1. The summed E-state index contributed by atoms with van der Waals surface area (Å²) in [5.41, 5.74) is 0.0000643. The van der Waals surface area contributed by atoms with Crippen molar-refractivity contribution in [1.82, 2.24) is 13.9 Å². The van der Waals surface area contributed by atoms with E-state index in [1.807, 2.05) is 20.8 Å². The minimum Gasteiger partial charge on any atom is -0.598 e. The van der Waals surface area contributed by atoms with Gasteiger partial charge in [-0.15, -0.1) is 4.72 Å².